The Bertz CT molecular complexity index is 992. The van der Waals surface area contributed by atoms with Crippen LogP contribution in [0.15, 0.2) is 35.8 Å². The topological polar surface area (TPSA) is 93.3 Å². The Balaban J connectivity index is 1.50. The van der Waals surface area contributed by atoms with Gasteiger partial charge in [-0.2, -0.15) is 0 Å². The van der Waals surface area contributed by atoms with Crippen LogP contribution in [0.2, 0.25) is 0 Å². The van der Waals surface area contributed by atoms with Gasteiger partial charge >= 0.3 is 0 Å². The second-order valence-electron chi connectivity index (χ2n) is 5.71. The first-order chi connectivity index (χ1) is 12.6. The van der Waals surface area contributed by atoms with Crippen LogP contribution in [0.3, 0.4) is 0 Å². The van der Waals surface area contributed by atoms with Crippen LogP contribution in [0.5, 0.6) is 11.5 Å². The van der Waals surface area contributed by atoms with Gasteiger partial charge < -0.3 is 14.5 Å². The summed E-state index contributed by atoms with van der Waals surface area (Å²) >= 11 is 1.32. The summed E-state index contributed by atoms with van der Waals surface area (Å²) < 4.78 is 11.1. The number of benzene rings is 1. The van der Waals surface area contributed by atoms with Gasteiger partial charge in [0.05, 0.1) is 5.69 Å². The fourth-order valence-corrected chi connectivity index (χ4v) is 3.27. The number of ketones is 1. The molecule has 4 rings (SSSR count). The molecule has 0 saturated heterocycles. The number of ether oxygens (including phenoxy) is 2. The fourth-order valence-electron chi connectivity index (χ4n) is 2.56. The molecule has 0 atom stereocenters. The van der Waals surface area contributed by atoms with Crippen LogP contribution in [-0.4, -0.2) is 34.9 Å². The van der Waals surface area contributed by atoms with E-state index in [1.807, 2.05) is 23.6 Å². The predicted octanol–water partition coefficient (Wildman–Crippen LogP) is 3.36. The number of nitrogens with zero attached hydrogens (tertiary/aromatic N) is 1. The number of carbonyl (C=O) groups excluding carboxylic acids is 2. The highest BCUT2D eigenvalue weighted by atomic mass is 32.1. The molecule has 0 unspecified atom stereocenters. The quantitative estimate of drug-likeness (QED) is 0.688. The monoisotopic (exact) mass is 369 g/mol. The molecule has 26 heavy (non-hydrogen) atoms. The van der Waals surface area contributed by atoms with Gasteiger partial charge in [0.15, 0.2) is 22.4 Å². The van der Waals surface area contributed by atoms with Crippen molar-refractivity contribution in [2.45, 2.75) is 6.92 Å². The van der Waals surface area contributed by atoms with Crippen LogP contribution in [0.4, 0.5) is 5.13 Å². The number of rotatable bonds is 4. The number of fused-ring (bicyclic) bond motifs is 1. The minimum Gasteiger partial charge on any atom is -0.486 e. The highest BCUT2D eigenvalue weighted by Gasteiger charge is 2.16. The Hall–Kier alpha value is -3.13. The van der Waals surface area contributed by atoms with Gasteiger partial charge in [0.2, 0.25) is 0 Å². The van der Waals surface area contributed by atoms with E-state index in [1.54, 1.807) is 0 Å². The smallest absolute Gasteiger partial charge is 0.273 e. The maximum absolute atomic E-state index is 12.3. The van der Waals surface area contributed by atoms with Crippen molar-refractivity contribution in [3.05, 3.63) is 47.1 Å². The van der Waals surface area contributed by atoms with Crippen LogP contribution in [0.25, 0.3) is 11.3 Å². The second kappa shape index (κ2) is 6.64. The Morgan fingerprint density at radius 3 is 2.77 bits per heavy atom. The summed E-state index contributed by atoms with van der Waals surface area (Å²) in [6.07, 6.45) is 1.51. The number of aromatic nitrogens is 2. The number of nitrogens with one attached hydrogen (secondary N) is 2. The second-order valence-corrected chi connectivity index (χ2v) is 6.57. The van der Waals surface area contributed by atoms with Crippen molar-refractivity contribution in [2.24, 2.45) is 0 Å². The van der Waals surface area contributed by atoms with Crippen molar-refractivity contribution in [1.29, 1.82) is 0 Å². The Morgan fingerprint density at radius 1 is 1.19 bits per heavy atom. The zero-order chi connectivity index (χ0) is 18.1. The van der Waals surface area contributed by atoms with Gasteiger partial charge in [0.25, 0.3) is 5.91 Å². The Morgan fingerprint density at radius 2 is 2.00 bits per heavy atom. The minimum absolute atomic E-state index is 0.101. The summed E-state index contributed by atoms with van der Waals surface area (Å²) in [5.41, 5.74) is 2.39. The van der Waals surface area contributed by atoms with E-state index in [9.17, 15) is 9.59 Å². The number of amides is 1. The lowest BCUT2D eigenvalue weighted by atomic mass is 10.1. The maximum Gasteiger partial charge on any atom is 0.273 e. The number of thiazole rings is 1. The molecule has 3 aromatic rings. The molecule has 1 aliphatic heterocycles. The molecule has 132 valence electrons. The number of Topliss-reactive ketones (excluding diaryl/α,β-unsaturated/α-hetero) is 1. The number of H-pyrrole nitrogens is 1. The Kier molecular flexibility index (Phi) is 4.18. The number of hydrogen-bond acceptors (Lipinski definition) is 6. The number of aromatic amines is 1. The lowest BCUT2D eigenvalue weighted by Crippen LogP contribution is -2.15. The van der Waals surface area contributed by atoms with E-state index >= 15 is 0 Å². The molecule has 7 nitrogen and oxygen atoms in total. The third kappa shape index (κ3) is 3.18. The predicted molar refractivity (Wildman–Crippen MR) is 97.3 cm³/mol. The summed E-state index contributed by atoms with van der Waals surface area (Å²) in [5.74, 6) is 0.961. The SMILES string of the molecule is CC(=O)c1c[nH]c(C(=O)Nc2nc(-c3ccc4c(c3)OCCO4)cs2)c1. The molecule has 0 spiro atoms. The lowest BCUT2D eigenvalue weighted by molar-refractivity contribution is 0.101. The molecule has 1 aliphatic rings. The van der Waals surface area contributed by atoms with E-state index in [4.69, 9.17) is 9.47 Å². The first-order valence-electron chi connectivity index (χ1n) is 7.96. The van der Waals surface area contributed by atoms with Crippen molar-refractivity contribution in [1.82, 2.24) is 9.97 Å². The summed E-state index contributed by atoms with van der Waals surface area (Å²) in [6, 6.07) is 7.15. The first-order valence-corrected chi connectivity index (χ1v) is 8.84. The van der Waals surface area contributed by atoms with Gasteiger partial charge in [-0.25, -0.2) is 4.98 Å². The third-order valence-electron chi connectivity index (χ3n) is 3.90. The van der Waals surface area contributed by atoms with E-state index in [0.717, 1.165) is 17.0 Å². The molecule has 1 aromatic carbocycles. The van der Waals surface area contributed by atoms with E-state index in [1.165, 1.54) is 30.5 Å². The zero-order valence-corrected chi connectivity index (χ0v) is 14.7. The molecule has 2 aromatic heterocycles. The average molecular weight is 369 g/mol. The number of anilines is 1. The van der Waals surface area contributed by atoms with Crippen molar-refractivity contribution < 1.29 is 19.1 Å². The summed E-state index contributed by atoms with van der Waals surface area (Å²) in [4.78, 5) is 30.8. The standard InChI is InChI=1S/C18H15N3O4S/c1-10(22)12-6-13(19-8-12)17(23)21-18-20-14(9-26-18)11-2-3-15-16(7-11)25-5-4-24-15/h2-3,6-9,19H,4-5H2,1H3,(H,20,21,23). The van der Waals surface area contributed by atoms with E-state index in [2.05, 4.69) is 15.3 Å². The lowest BCUT2D eigenvalue weighted by Gasteiger charge is -2.18. The van der Waals surface area contributed by atoms with E-state index in [-0.39, 0.29) is 11.7 Å². The average Bonchev–Trinajstić information content (AvgIpc) is 3.31. The van der Waals surface area contributed by atoms with Crippen molar-refractivity contribution in [2.75, 3.05) is 18.5 Å². The van der Waals surface area contributed by atoms with Crippen molar-refractivity contribution in [3.63, 3.8) is 0 Å². The summed E-state index contributed by atoms with van der Waals surface area (Å²) in [6.45, 7) is 2.52. The molecule has 0 bridgehead atoms. The largest absolute Gasteiger partial charge is 0.486 e. The highest BCUT2D eigenvalue weighted by Crippen LogP contribution is 2.35. The van der Waals surface area contributed by atoms with Crippen LogP contribution in [0, 0.1) is 0 Å². The van der Waals surface area contributed by atoms with E-state index < -0.39 is 0 Å². The molecule has 0 fully saturated rings. The van der Waals surface area contributed by atoms with Gasteiger partial charge in [0.1, 0.15) is 18.9 Å². The summed E-state index contributed by atoms with van der Waals surface area (Å²) in [5, 5.41) is 5.06. The molecular weight excluding hydrogens is 354 g/mol. The van der Waals surface area contributed by atoms with Gasteiger partial charge in [-0.15, -0.1) is 11.3 Å². The molecule has 8 heteroatoms. The molecule has 0 saturated carbocycles. The summed E-state index contributed by atoms with van der Waals surface area (Å²) in [7, 11) is 0. The van der Waals surface area contributed by atoms with Gasteiger partial charge in [0, 0.05) is 22.7 Å². The molecule has 0 radical (unpaired) electrons. The highest BCUT2D eigenvalue weighted by molar-refractivity contribution is 7.14. The van der Waals surface area contributed by atoms with Crippen LogP contribution < -0.4 is 14.8 Å². The number of hydrogen-bond donors (Lipinski definition) is 2. The third-order valence-corrected chi connectivity index (χ3v) is 4.65. The Labute approximate surface area is 153 Å². The van der Waals surface area contributed by atoms with E-state index in [0.29, 0.717) is 35.4 Å². The fraction of sp³-hybridized carbons (Fsp3) is 0.167. The first kappa shape index (κ1) is 16.3. The normalized spacial score (nSPS) is 12.7. The van der Waals surface area contributed by atoms with Gasteiger partial charge in [-0.05, 0) is 31.2 Å². The molecule has 2 N–H and O–H groups in total. The molecular formula is C18H15N3O4S. The van der Waals surface area contributed by atoms with Crippen LogP contribution >= 0.6 is 11.3 Å². The van der Waals surface area contributed by atoms with Gasteiger partial charge in [-0.3, -0.25) is 14.9 Å². The maximum atomic E-state index is 12.3. The van der Waals surface area contributed by atoms with Gasteiger partial charge in [-0.1, -0.05) is 0 Å². The minimum atomic E-state index is -0.347. The van der Waals surface area contributed by atoms with Crippen molar-refractivity contribution in [3.8, 4) is 22.8 Å². The van der Waals surface area contributed by atoms with Crippen LogP contribution in [-0.2, 0) is 0 Å². The molecule has 3 heterocycles. The number of carbonyl (C=O) groups is 2. The van der Waals surface area contributed by atoms with Crippen LogP contribution in [0.1, 0.15) is 27.8 Å². The molecule has 1 amide bonds. The zero-order valence-electron chi connectivity index (χ0n) is 13.9. The molecule has 0 aliphatic carbocycles. The van der Waals surface area contributed by atoms with Crippen molar-refractivity contribution >= 4 is 28.2 Å².